The van der Waals surface area contributed by atoms with Crippen molar-refractivity contribution in [2.45, 2.75) is 13.0 Å². The summed E-state index contributed by atoms with van der Waals surface area (Å²) in [6.07, 6.45) is 1.98. The number of nitro groups is 1. The van der Waals surface area contributed by atoms with Crippen LogP contribution in [0.15, 0.2) is 18.2 Å². The molecule has 1 atom stereocenters. The minimum atomic E-state index is -0.477. The van der Waals surface area contributed by atoms with Gasteiger partial charge in [-0.1, -0.05) is 0 Å². The summed E-state index contributed by atoms with van der Waals surface area (Å²) in [4.78, 5) is 10.4. The number of nitro benzene ring substituents is 1. The predicted octanol–water partition coefficient (Wildman–Crippen LogP) is 2.63. The second-order valence-electron chi connectivity index (χ2n) is 3.60. The molecule has 0 saturated carbocycles. The van der Waals surface area contributed by atoms with E-state index in [4.69, 9.17) is 5.26 Å². The Labute approximate surface area is 104 Å². The first kappa shape index (κ1) is 13.3. The summed E-state index contributed by atoms with van der Waals surface area (Å²) in [7, 11) is 0. The molecule has 5 nitrogen and oxygen atoms in total. The molecule has 0 radical (unpaired) electrons. The molecule has 0 bridgehead atoms. The molecule has 0 aliphatic rings. The minimum Gasteiger partial charge on any atom is -0.376 e. The average Bonchev–Trinajstić information content (AvgIpc) is 2.29. The Morgan fingerprint density at radius 3 is 2.88 bits per heavy atom. The van der Waals surface area contributed by atoms with Crippen molar-refractivity contribution in [1.82, 2.24) is 0 Å². The molecule has 0 aliphatic heterocycles. The Bertz CT molecular complexity index is 457. The van der Waals surface area contributed by atoms with Gasteiger partial charge in [-0.3, -0.25) is 10.1 Å². The van der Waals surface area contributed by atoms with E-state index < -0.39 is 4.92 Å². The minimum absolute atomic E-state index is 0.0583. The molecule has 1 aromatic carbocycles. The third kappa shape index (κ3) is 3.64. The van der Waals surface area contributed by atoms with E-state index in [2.05, 4.69) is 5.32 Å². The molecule has 90 valence electrons. The fraction of sp³-hybridized carbons (Fsp3) is 0.364. The largest absolute Gasteiger partial charge is 0.376 e. The van der Waals surface area contributed by atoms with E-state index >= 15 is 0 Å². The topological polar surface area (TPSA) is 79.0 Å². The summed E-state index contributed by atoms with van der Waals surface area (Å²) < 4.78 is 0. The fourth-order valence-corrected chi connectivity index (χ4v) is 2.01. The van der Waals surface area contributed by atoms with E-state index in [-0.39, 0.29) is 11.7 Å². The van der Waals surface area contributed by atoms with Crippen molar-refractivity contribution in [3.05, 3.63) is 33.9 Å². The van der Waals surface area contributed by atoms with Gasteiger partial charge in [0.1, 0.15) is 5.69 Å². The van der Waals surface area contributed by atoms with Crippen LogP contribution in [0.5, 0.6) is 0 Å². The zero-order chi connectivity index (χ0) is 12.8. The molecule has 1 aromatic rings. The summed E-state index contributed by atoms with van der Waals surface area (Å²) in [5.41, 5.74) is 0.687. The lowest BCUT2D eigenvalue weighted by atomic mass is 10.2. The van der Waals surface area contributed by atoms with Crippen LogP contribution in [0.4, 0.5) is 11.4 Å². The first-order chi connectivity index (χ1) is 8.08. The second kappa shape index (κ2) is 6.11. The number of thioether (sulfide) groups is 1. The average molecular weight is 251 g/mol. The van der Waals surface area contributed by atoms with Gasteiger partial charge in [0.15, 0.2) is 0 Å². The van der Waals surface area contributed by atoms with E-state index in [1.807, 2.05) is 19.2 Å². The zero-order valence-corrected chi connectivity index (χ0v) is 10.5. The predicted molar refractivity (Wildman–Crippen MR) is 69.3 cm³/mol. The van der Waals surface area contributed by atoms with Crippen LogP contribution in [0.3, 0.4) is 0 Å². The molecule has 6 heteroatoms. The first-order valence-corrected chi connectivity index (χ1v) is 6.42. The van der Waals surface area contributed by atoms with Gasteiger partial charge in [0.25, 0.3) is 5.69 Å². The Hall–Kier alpha value is -1.74. The van der Waals surface area contributed by atoms with E-state index in [9.17, 15) is 10.1 Å². The molecular formula is C11H13N3O2S. The van der Waals surface area contributed by atoms with E-state index in [1.165, 1.54) is 6.07 Å². The van der Waals surface area contributed by atoms with Crippen LogP contribution in [-0.2, 0) is 0 Å². The van der Waals surface area contributed by atoms with Crippen molar-refractivity contribution in [1.29, 1.82) is 5.26 Å². The molecule has 0 amide bonds. The standard InChI is InChI=1S/C11H13N3O2S/c1-8(7-17-2)13-10-4-3-9(6-12)5-11(10)14(15)16/h3-5,8,13H,7H2,1-2H3. The highest BCUT2D eigenvalue weighted by Crippen LogP contribution is 2.26. The Morgan fingerprint density at radius 2 is 2.35 bits per heavy atom. The van der Waals surface area contributed by atoms with Gasteiger partial charge >= 0.3 is 0 Å². The molecule has 0 heterocycles. The van der Waals surface area contributed by atoms with Crippen LogP contribution in [0.1, 0.15) is 12.5 Å². The maximum atomic E-state index is 10.9. The molecule has 0 spiro atoms. The van der Waals surface area contributed by atoms with Gasteiger partial charge in [-0.2, -0.15) is 17.0 Å². The quantitative estimate of drug-likeness (QED) is 0.642. The monoisotopic (exact) mass is 251 g/mol. The van der Waals surface area contributed by atoms with Crippen molar-refractivity contribution in [3.63, 3.8) is 0 Å². The summed E-state index contributed by atoms with van der Waals surface area (Å²) in [5.74, 6) is 0.858. The summed E-state index contributed by atoms with van der Waals surface area (Å²) >= 11 is 1.67. The maximum absolute atomic E-state index is 10.9. The number of nitriles is 1. The molecule has 1 N–H and O–H groups in total. The van der Waals surface area contributed by atoms with Crippen LogP contribution in [-0.4, -0.2) is 23.0 Å². The van der Waals surface area contributed by atoms with Crippen molar-refractivity contribution < 1.29 is 4.92 Å². The third-order valence-electron chi connectivity index (χ3n) is 2.14. The van der Waals surface area contributed by atoms with Gasteiger partial charge in [0.05, 0.1) is 16.6 Å². The number of nitrogens with zero attached hydrogens (tertiary/aromatic N) is 2. The van der Waals surface area contributed by atoms with E-state index in [0.29, 0.717) is 11.3 Å². The normalized spacial score (nSPS) is 11.6. The SMILES string of the molecule is CSCC(C)Nc1ccc(C#N)cc1[N+](=O)[O-]. The molecule has 0 fully saturated rings. The Balaban J connectivity index is 2.99. The molecule has 0 aromatic heterocycles. The number of hydrogen-bond donors (Lipinski definition) is 1. The second-order valence-corrected chi connectivity index (χ2v) is 4.51. The summed E-state index contributed by atoms with van der Waals surface area (Å²) in [5, 5.41) is 22.7. The van der Waals surface area contributed by atoms with Gasteiger partial charge in [-0.25, -0.2) is 0 Å². The van der Waals surface area contributed by atoms with Crippen LogP contribution >= 0.6 is 11.8 Å². The van der Waals surface area contributed by atoms with Gasteiger partial charge in [0.2, 0.25) is 0 Å². The van der Waals surface area contributed by atoms with Gasteiger partial charge < -0.3 is 5.32 Å². The molecule has 0 saturated heterocycles. The molecule has 1 rings (SSSR count). The van der Waals surface area contributed by atoms with Gasteiger partial charge in [0, 0.05) is 17.9 Å². The van der Waals surface area contributed by atoms with Crippen molar-refractivity contribution >= 4 is 23.1 Å². The fourth-order valence-electron chi connectivity index (χ4n) is 1.43. The number of nitrogens with one attached hydrogen (secondary N) is 1. The lowest BCUT2D eigenvalue weighted by Crippen LogP contribution is -2.18. The van der Waals surface area contributed by atoms with Gasteiger partial charge in [-0.15, -0.1) is 0 Å². The first-order valence-electron chi connectivity index (χ1n) is 5.02. The van der Waals surface area contributed by atoms with Crippen LogP contribution in [0, 0.1) is 21.4 Å². The number of benzene rings is 1. The third-order valence-corrected chi connectivity index (χ3v) is 2.98. The number of hydrogen-bond acceptors (Lipinski definition) is 5. The van der Waals surface area contributed by atoms with Crippen molar-refractivity contribution in [2.75, 3.05) is 17.3 Å². The Morgan fingerprint density at radius 1 is 1.65 bits per heavy atom. The maximum Gasteiger partial charge on any atom is 0.293 e. The van der Waals surface area contributed by atoms with E-state index in [0.717, 1.165) is 5.75 Å². The molecular weight excluding hydrogens is 238 g/mol. The number of anilines is 1. The molecule has 1 unspecified atom stereocenters. The molecule has 0 aliphatic carbocycles. The van der Waals surface area contributed by atoms with Crippen molar-refractivity contribution in [2.24, 2.45) is 0 Å². The summed E-state index contributed by atoms with van der Waals surface area (Å²) in [6.45, 7) is 1.96. The molecule has 17 heavy (non-hydrogen) atoms. The lowest BCUT2D eigenvalue weighted by Gasteiger charge is -2.13. The van der Waals surface area contributed by atoms with Crippen molar-refractivity contribution in [3.8, 4) is 6.07 Å². The Kier molecular flexibility index (Phi) is 4.79. The van der Waals surface area contributed by atoms with Crippen LogP contribution in [0.2, 0.25) is 0 Å². The lowest BCUT2D eigenvalue weighted by molar-refractivity contribution is -0.384. The van der Waals surface area contributed by atoms with E-state index in [1.54, 1.807) is 23.9 Å². The highest BCUT2D eigenvalue weighted by atomic mass is 32.2. The number of rotatable bonds is 5. The van der Waals surface area contributed by atoms with Crippen LogP contribution < -0.4 is 5.32 Å². The smallest absolute Gasteiger partial charge is 0.293 e. The van der Waals surface area contributed by atoms with Crippen LogP contribution in [0.25, 0.3) is 0 Å². The zero-order valence-electron chi connectivity index (χ0n) is 9.64. The highest BCUT2D eigenvalue weighted by molar-refractivity contribution is 7.98. The highest BCUT2D eigenvalue weighted by Gasteiger charge is 2.15. The van der Waals surface area contributed by atoms with Gasteiger partial charge in [-0.05, 0) is 25.3 Å². The summed E-state index contributed by atoms with van der Waals surface area (Å²) in [6, 6.07) is 6.46.